The molecule has 0 fully saturated rings. The van der Waals surface area contributed by atoms with Crippen molar-refractivity contribution in [2.75, 3.05) is 10.6 Å². The maximum absolute atomic E-state index is 10.8. The van der Waals surface area contributed by atoms with Crippen LogP contribution >= 0.6 is 0 Å². The van der Waals surface area contributed by atoms with Gasteiger partial charge in [-0.3, -0.25) is 19.7 Å². The van der Waals surface area contributed by atoms with Crippen LogP contribution < -0.4 is 10.6 Å². The van der Waals surface area contributed by atoms with Crippen LogP contribution in [0.2, 0.25) is 0 Å². The van der Waals surface area contributed by atoms with E-state index in [4.69, 9.17) is 0 Å². The van der Waals surface area contributed by atoms with E-state index in [0.717, 1.165) is 12.1 Å². The van der Waals surface area contributed by atoms with E-state index >= 15 is 0 Å². The summed E-state index contributed by atoms with van der Waals surface area (Å²) in [6.45, 7) is 6.82. The first-order valence-electron chi connectivity index (χ1n) is 8.68. The molecule has 0 atom stereocenters. The van der Waals surface area contributed by atoms with E-state index < -0.39 is 4.92 Å². The van der Waals surface area contributed by atoms with Gasteiger partial charge >= 0.3 is 0 Å². The fourth-order valence-electron chi connectivity index (χ4n) is 2.34. The molecule has 0 radical (unpaired) electrons. The lowest BCUT2D eigenvalue weighted by atomic mass is 10.1. The van der Waals surface area contributed by atoms with Gasteiger partial charge in [-0.1, -0.05) is 32.0 Å². The van der Waals surface area contributed by atoms with Gasteiger partial charge < -0.3 is 10.6 Å². The quantitative estimate of drug-likeness (QED) is 0.603. The number of anilines is 2. The van der Waals surface area contributed by atoms with Gasteiger partial charge in [-0.15, -0.1) is 0 Å². The van der Waals surface area contributed by atoms with Crippen LogP contribution in [0.4, 0.5) is 17.1 Å². The van der Waals surface area contributed by atoms with Crippen LogP contribution in [0.25, 0.3) is 0 Å². The van der Waals surface area contributed by atoms with E-state index in [1.807, 2.05) is 31.2 Å². The number of nitrogens with one attached hydrogen (secondary N) is 2. The van der Waals surface area contributed by atoms with Gasteiger partial charge in [0.05, 0.1) is 4.92 Å². The van der Waals surface area contributed by atoms with Crippen LogP contribution in [-0.4, -0.2) is 16.7 Å². The van der Waals surface area contributed by atoms with Crippen LogP contribution in [-0.2, 0) is 22.4 Å². The number of rotatable bonds is 5. The molecule has 7 heteroatoms. The Balaban J connectivity index is 0.000000277. The van der Waals surface area contributed by atoms with Gasteiger partial charge in [-0.05, 0) is 36.6 Å². The molecule has 0 aliphatic heterocycles. The van der Waals surface area contributed by atoms with E-state index in [1.165, 1.54) is 25.5 Å². The minimum atomic E-state index is -0.440. The molecule has 2 aromatic rings. The minimum absolute atomic E-state index is 0.0285. The van der Waals surface area contributed by atoms with Gasteiger partial charge in [0, 0.05) is 36.9 Å². The first kappa shape index (κ1) is 21.8. The highest BCUT2D eigenvalue weighted by atomic mass is 16.6. The summed E-state index contributed by atoms with van der Waals surface area (Å²) in [4.78, 5) is 31.7. The Labute approximate surface area is 158 Å². The number of carbonyl (C=O) groups is 2. The SMILES string of the molecule is CCc1ccc(NC(C)=O)cc1.CCc1ccc(NC(C)=O)cc1[N+](=O)[O-]. The second-order valence-corrected chi connectivity index (χ2v) is 5.87. The zero-order valence-corrected chi connectivity index (χ0v) is 16.0. The summed E-state index contributed by atoms with van der Waals surface area (Å²) in [7, 11) is 0. The van der Waals surface area contributed by atoms with Gasteiger partial charge in [0.25, 0.3) is 5.69 Å². The molecule has 0 unspecified atom stereocenters. The smallest absolute Gasteiger partial charge is 0.274 e. The van der Waals surface area contributed by atoms with E-state index in [0.29, 0.717) is 17.7 Å². The lowest BCUT2D eigenvalue weighted by Gasteiger charge is -2.04. The van der Waals surface area contributed by atoms with Gasteiger partial charge in [-0.2, -0.15) is 0 Å². The number of hydrogen-bond acceptors (Lipinski definition) is 4. The van der Waals surface area contributed by atoms with E-state index in [2.05, 4.69) is 17.6 Å². The van der Waals surface area contributed by atoms with Crippen molar-refractivity contribution < 1.29 is 14.5 Å². The molecule has 2 N–H and O–H groups in total. The van der Waals surface area contributed by atoms with Crippen molar-refractivity contribution in [1.82, 2.24) is 0 Å². The van der Waals surface area contributed by atoms with Crippen LogP contribution in [0.5, 0.6) is 0 Å². The fraction of sp³-hybridized carbons (Fsp3) is 0.300. The molecule has 0 heterocycles. The van der Waals surface area contributed by atoms with E-state index in [9.17, 15) is 19.7 Å². The third-order valence-electron chi connectivity index (χ3n) is 3.67. The van der Waals surface area contributed by atoms with Crippen LogP contribution in [0.3, 0.4) is 0 Å². The van der Waals surface area contributed by atoms with Gasteiger partial charge in [0.2, 0.25) is 11.8 Å². The van der Waals surface area contributed by atoms with Crippen LogP contribution in [0.1, 0.15) is 38.8 Å². The molecule has 0 bridgehead atoms. The molecule has 0 aromatic heterocycles. The number of nitro benzene ring substituents is 1. The maximum Gasteiger partial charge on any atom is 0.274 e. The average Bonchev–Trinajstić information content (AvgIpc) is 2.62. The minimum Gasteiger partial charge on any atom is -0.326 e. The monoisotopic (exact) mass is 371 g/mol. The number of nitro groups is 1. The van der Waals surface area contributed by atoms with Gasteiger partial charge in [0.1, 0.15) is 0 Å². The number of nitrogens with zero attached hydrogens (tertiary/aromatic N) is 1. The molecule has 0 saturated carbocycles. The summed E-state index contributed by atoms with van der Waals surface area (Å²) < 4.78 is 0. The second-order valence-electron chi connectivity index (χ2n) is 5.87. The molecule has 2 rings (SSSR count). The van der Waals surface area contributed by atoms with Crippen LogP contribution in [0.15, 0.2) is 42.5 Å². The molecule has 27 heavy (non-hydrogen) atoms. The molecule has 0 saturated heterocycles. The number of hydrogen-bond donors (Lipinski definition) is 2. The van der Waals surface area contributed by atoms with E-state index in [1.54, 1.807) is 12.1 Å². The zero-order chi connectivity index (χ0) is 20.4. The standard InChI is InChI=1S/C10H12N2O3.C10H13NO/c1-3-8-4-5-9(11-7(2)13)6-10(8)12(14)15;1-3-9-4-6-10(7-5-9)11-8(2)12/h4-6H,3H2,1-2H3,(H,11,13);4-7H,3H2,1-2H3,(H,11,12). The lowest BCUT2D eigenvalue weighted by molar-refractivity contribution is -0.385. The highest BCUT2D eigenvalue weighted by Crippen LogP contribution is 2.23. The summed E-state index contributed by atoms with van der Waals surface area (Å²) in [6.07, 6.45) is 1.62. The summed E-state index contributed by atoms with van der Waals surface area (Å²) in [5.74, 6) is -0.271. The Morgan fingerprint density at radius 2 is 1.41 bits per heavy atom. The Bertz CT molecular complexity index is 801. The largest absolute Gasteiger partial charge is 0.326 e. The molecular weight excluding hydrogens is 346 g/mol. The number of aryl methyl sites for hydroxylation is 2. The molecule has 0 aliphatic rings. The molecule has 144 valence electrons. The normalized spacial score (nSPS) is 9.63. The number of benzene rings is 2. The predicted molar refractivity (Wildman–Crippen MR) is 107 cm³/mol. The Hall–Kier alpha value is -3.22. The third-order valence-corrected chi connectivity index (χ3v) is 3.67. The predicted octanol–water partition coefficient (Wildman–Crippen LogP) is 4.32. The average molecular weight is 371 g/mol. The molecule has 2 amide bonds. The maximum atomic E-state index is 10.8. The zero-order valence-electron chi connectivity index (χ0n) is 16.0. The highest BCUT2D eigenvalue weighted by Gasteiger charge is 2.13. The molecule has 0 aliphatic carbocycles. The van der Waals surface area contributed by atoms with Gasteiger partial charge in [-0.25, -0.2) is 0 Å². The van der Waals surface area contributed by atoms with Gasteiger partial charge in [0.15, 0.2) is 0 Å². The van der Waals surface area contributed by atoms with Crippen molar-refractivity contribution in [3.8, 4) is 0 Å². The van der Waals surface area contributed by atoms with Crippen molar-refractivity contribution in [2.24, 2.45) is 0 Å². The third kappa shape index (κ3) is 7.68. The Kier molecular flexibility index (Phi) is 8.65. The van der Waals surface area contributed by atoms with Crippen LogP contribution in [0, 0.1) is 10.1 Å². The summed E-state index contributed by atoms with van der Waals surface area (Å²) >= 11 is 0. The van der Waals surface area contributed by atoms with Crippen molar-refractivity contribution >= 4 is 28.9 Å². The van der Waals surface area contributed by atoms with Crippen molar-refractivity contribution in [3.63, 3.8) is 0 Å². The van der Waals surface area contributed by atoms with Crippen molar-refractivity contribution in [2.45, 2.75) is 40.5 Å². The second kappa shape index (κ2) is 10.7. The molecule has 7 nitrogen and oxygen atoms in total. The summed E-state index contributed by atoms with van der Waals surface area (Å²) in [6, 6.07) is 12.6. The Morgan fingerprint density at radius 1 is 0.889 bits per heavy atom. The Morgan fingerprint density at radius 3 is 1.85 bits per heavy atom. The number of amides is 2. The first-order chi connectivity index (χ1) is 12.8. The van der Waals surface area contributed by atoms with E-state index in [-0.39, 0.29) is 17.5 Å². The topological polar surface area (TPSA) is 101 Å². The molecule has 2 aromatic carbocycles. The number of carbonyl (C=O) groups excluding carboxylic acids is 2. The van der Waals surface area contributed by atoms with Crippen molar-refractivity contribution in [1.29, 1.82) is 0 Å². The fourth-order valence-corrected chi connectivity index (χ4v) is 2.34. The summed E-state index contributed by atoms with van der Waals surface area (Å²) in [5, 5.41) is 15.9. The molecule has 0 spiro atoms. The summed E-state index contributed by atoms with van der Waals surface area (Å²) in [5.41, 5.74) is 3.30. The highest BCUT2D eigenvalue weighted by molar-refractivity contribution is 5.89. The first-order valence-corrected chi connectivity index (χ1v) is 8.68. The lowest BCUT2D eigenvalue weighted by Crippen LogP contribution is -2.06. The van der Waals surface area contributed by atoms with Crippen molar-refractivity contribution in [3.05, 3.63) is 63.7 Å². The molecular formula is C20H25N3O4.